The molecular weight excluding hydrogens is 380 g/mol. The van der Waals surface area contributed by atoms with Gasteiger partial charge in [0, 0.05) is 56.9 Å². The van der Waals surface area contributed by atoms with Gasteiger partial charge in [-0.05, 0) is 31.6 Å². The maximum absolute atomic E-state index is 6.21. The fraction of sp³-hybridized carbons (Fsp3) is 0.850. The van der Waals surface area contributed by atoms with Crippen molar-refractivity contribution in [3.05, 3.63) is 0 Å². The second-order valence-electron chi connectivity index (χ2n) is 9.47. The Bertz CT molecular complexity index is 630. The van der Waals surface area contributed by atoms with Gasteiger partial charge < -0.3 is 38.1 Å². The van der Waals surface area contributed by atoms with E-state index in [4.69, 9.17) is 37.9 Å². The Kier molecular flexibility index (Phi) is 6.87. The molecule has 1 aliphatic carbocycles. The second kappa shape index (κ2) is 9.59. The summed E-state index contributed by atoms with van der Waals surface area (Å²) in [4.78, 5) is 18.4. The van der Waals surface area contributed by atoms with E-state index in [1.165, 1.54) is 32.1 Å². The van der Waals surface area contributed by atoms with E-state index < -0.39 is 0 Å². The van der Waals surface area contributed by atoms with Gasteiger partial charge in [-0.15, -0.1) is 0 Å². The number of nitrogens with two attached hydrogens (primary N) is 4. The third kappa shape index (κ3) is 5.48. The third-order valence-electron chi connectivity index (χ3n) is 6.48. The summed E-state index contributed by atoms with van der Waals surface area (Å²) in [6.45, 7) is 3.66. The van der Waals surface area contributed by atoms with E-state index in [0.717, 1.165) is 19.4 Å². The molecule has 3 heterocycles. The Morgan fingerprint density at radius 2 is 1.17 bits per heavy atom. The maximum Gasteiger partial charge on any atom is 0.232 e. The summed E-state index contributed by atoms with van der Waals surface area (Å²) in [6.07, 6.45) is 8.14. The number of anilines is 3. The number of piperidine rings is 2. The van der Waals surface area contributed by atoms with Gasteiger partial charge >= 0.3 is 0 Å². The van der Waals surface area contributed by atoms with Gasteiger partial charge in [-0.1, -0.05) is 19.3 Å². The highest BCUT2D eigenvalue weighted by Crippen LogP contribution is 2.25. The Hall–Kier alpha value is -1.75. The molecule has 1 saturated carbocycles. The van der Waals surface area contributed by atoms with Crippen LogP contribution in [0.2, 0.25) is 0 Å². The molecule has 1 aromatic heterocycles. The van der Waals surface area contributed by atoms with Gasteiger partial charge in [-0.3, -0.25) is 0 Å². The number of rotatable bonds is 5. The number of hydrogen-bond donors (Lipinski definition) is 5. The lowest BCUT2D eigenvalue weighted by atomic mass is 9.89. The van der Waals surface area contributed by atoms with Crippen molar-refractivity contribution in [1.82, 2.24) is 15.0 Å². The van der Waals surface area contributed by atoms with Gasteiger partial charge in [0.1, 0.15) is 0 Å². The van der Waals surface area contributed by atoms with Crippen molar-refractivity contribution in [3.8, 4) is 0 Å². The maximum atomic E-state index is 6.21. The van der Waals surface area contributed by atoms with E-state index in [1.54, 1.807) is 0 Å². The van der Waals surface area contributed by atoms with Crippen molar-refractivity contribution < 1.29 is 0 Å². The predicted molar refractivity (Wildman–Crippen MR) is 120 cm³/mol. The zero-order valence-corrected chi connectivity index (χ0v) is 17.9. The molecule has 4 atom stereocenters. The highest BCUT2D eigenvalue weighted by Gasteiger charge is 2.28. The highest BCUT2D eigenvalue weighted by atomic mass is 15.4. The predicted octanol–water partition coefficient (Wildman–Crippen LogP) is -0.407. The summed E-state index contributed by atoms with van der Waals surface area (Å²) in [5.41, 5.74) is 24.8. The highest BCUT2D eigenvalue weighted by molar-refractivity contribution is 5.46. The second-order valence-corrected chi connectivity index (χ2v) is 9.47. The van der Waals surface area contributed by atoms with Crippen molar-refractivity contribution in [3.63, 3.8) is 0 Å². The zero-order chi connectivity index (χ0) is 21.1. The smallest absolute Gasteiger partial charge is 0.232 e. The molecule has 2 saturated heterocycles. The Labute approximate surface area is 179 Å². The molecule has 30 heavy (non-hydrogen) atoms. The van der Waals surface area contributed by atoms with E-state index in [2.05, 4.69) is 15.1 Å². The van der Waals surface area contributed by atoms with Gasteiger partial charge in [-0.25, -0.2) is 0 Å². The average Bonchev–Trinajstić information content (AvgIpc) is 2.71. The molecule has 168 valence electrons. The van der Waals surface area contributed by atoms with Crippen molar-refractivity contribution in [2.24, 2.45) is 28.9 Å². The minimum absolute atomic E-state index is 0.0180. The van der Waals surface area contributed by atoms with Crippen LogP contribution < -0.4 is 38.1 Å². The molecule has 4 rings (SSSR count). The summed E-state index contributed by atoms with van der Waals surface area (Å²) < 4.78 is 0. The summed E-state index contributed by atoms with van der Waals surface area (Å²) in [7, 11) is 0. The molecule has 2 aliphatic heterocycles. The fourth-order valence-corrected chi connectivity index (χ4v) is 5.03. The van der Waals surface area contributed by atoms with Crippen LogP contribution in [0.3, 0.4) is 0 Å². The summed E-state index contributed by atoms with van der Waals surface area (Å²) in [6, 6.07) is 0.0720. The molecule has 0 unspecified atom stereocenters. The topological polar surface area (TPSA) is 161 Å². The lowest BCUT2D eigenvalue weighted by molar-refractivity contribution is 0.373. The molecule has 1 aromatic rings. The Morgan fingerprint density at radius 3 is 1.63 bits per heavy atom. The molecule has 9 N–H and O–H groups in total. The monoisotopic (exact) mass is 418 g/mol. The lowest BCUT2D eigenvalue weighted by Gasteiger charge is -2.37. The van der Waals surface area contributed by atoms with Crippen LogP contribution in [-0.2, 0) is 0 Å². The molecule has 10 heteroatoms. The number of nitrogens with zero attached hydrogens (tertiary/aromatic N) is 5. The number of nitrogens with one attached hydrogen (secondary N) is 1. The molecule has 3 aliphatic rings. The van der Waals surface area contributed by atoms with Crippen LogP contribution in [0.25, 0.3) is 0 Å². The van der Waals surface area contributed by atoms with E-state index in [0.29, 0.717) is 49.9 Å². The molecule has 0 amide bonds. The zero-order valence-electron chi connectivity index (χ0n) is 17.9. The third-order valence-corrected chi connectivity index (χ3v) is 6.48. The first-order valence-corrected chi connectivity index (χ1v) is 11.5. The first-order valence-electron chi connectivity index (χ1n) is 11.5. The summed E-state index contributed by atoms with van der Waals surface area (Å²) >= 11 is 0. The normalized spacial score (nSPS) is 31.1. The van der Waals surface area contributed by atoms with Crippen LogP contribution in [-0.4, -0.2) is 71.8 Å². The first-order chi connectivity index (χ1) is 14.5. The van der Waals surface area contributed by atoms with Crippen molar-refractivity contribution in [1.29, 1.82) is 0 Å². The van der Waals surface area contributed by atoms with Gasteiger partial charge in [-0.2, -0.15) is 15.0 Å². The molecule has 0 radical (unpaired) electrons. The largest absolute Gasteiger partial charge is 0.354 e. The van der Waals surface area contributed by atoms with Gasteiger partial charge in [0.2, 0.25) is 17.8 Å². The van der Waals surface area contributed by atoms with Crippen molar-refractivity contribution >= 4 is 17.8 Å². The SMILES string of the molecule is N[C@@H]1C[C@H](N)CN(c2nc(NCC3CCCCC3)nc(N3C[C@H](N)C[C@H](N)C3)n2)C1. The van der Waals surface area contributed by atoms with Crippen LogP contribution in [0.5, 0.6) is 0 Å². The summed E-state index contributed by atoms with van der Waals surface area (Å²) in [5, 5.41) is 3.48. The molecular formula is C20H38N10. The lowest BCUT2D eigenvalue weighted by Crippen LogP contribution is -2.54. The molecule has 0 aromatic carbocycles. The van der Waals surface area contributed by atoms with Gasteiger partial charge in [0.15, 0.2) is 0 Å². The van der Waals surface area contributed by atoms with Gasteiger partial charge in [0.05, 0.1) is 0 Å². The van der Waals surface area contributed by atoms with Crippen molar-refractivity contribution in [2.45, 2.75) is 69.1 Å². The first kappa shape index (κ1) is 21.5. The Balaban J connectivity index is 1.56. The van der Waals surface area contributed by atoms with E-state index >= 15 is 0 Å². The minimum Gasteiger partial charge on any atom is -0.354 e. The quantitative estimate of drug-likeness (QED) is 0.425. The van der Waals surface area contributed by atoms with Crippen LogP contribution in [0.15, 0.2) is 0 Å². The van der Waals surface area contributed by atoms with Crippen LogP contribution in [0, 0.1) is 5.92 Å². The van der Waals surface area contributed by atoms with Crippen LogP contribution in [0.1, 0.15) is 44.9 Å². The fourth-order valence-electron chi connectivity index (χ4n) is 5.03. The van der Waals surface area contributed by atoms with Crippen LogP contribution in [0.4, 0.5) is 17.8 Å². The van der Waals surface area contributed by atoms with E-state index in [9.17, 15) is 0 Å². The molecule has 0 spiro atoms. The standard InChI is InChI=1S/C20H38N10/c21-14-6-15(22)10-29(9-14)19-26-18(25-8-13-4-2-1-3-5-13)27-20(28-19)30-11-16(23)7-17(24)12-30/h13-17H,1-12,21-24H2,(H,25,26,27,28)/t14-,15+,16-,17+. The number of aromatic nitrogens is 3. The summed E-state index contributed by atoms with van der Waals surface area (Å²) in [5.74, 6) is 2.55. The van der Waals surface area contributed by atoms with E-state index in [1.807, 2.05) is 0 Å². The van der Waals surface area contributed by atoms with Crippen LogP contribution >= 0.6 is 0 Å². The molecule has 3 fully saturated rings. The van der Waals surface area contributed by atoms with Crippen molar-refractivity contribution in [2.75, 3.05) is 47.8 Å². The molecule has 10 nitrogen and oxygen atoms in total. The minimum atomic E-state index is 0.0180. The number of hydrogen-bond acceptors (Lipinski definition) is 10. The Morgan fingerprint density at radius 1 is 0.700 bits per heavy atom. The van der Waals surface area contributed by atoms with Gasteiger partial charge in [0.25, 0.3) is 0 Å². The van der Waals surface area contributed by atoms with E-state index in [-0.39, 0.29) is 24.2 Å². The average molecular weight is 419 g/mol. The molecule has 0 bridgehead atoms.